The maximum Gasteiger partial charge on any atom is 0.101 e. The van der Waals surface area contributed by atoms with Crippen molar-refractivity contribution < 1.29 is 4.74 Å². The number of hydrogen-bond acceptors (Lipinski definition) is 1. The van der Waals surface area contributed by atoms with E-state index in [1.54, 1.807) is 0 Å². The summed E-state index contributed by atoms with van der Waals surface area (Å²) in [5.74, 6) is 0. The molecular weight excluding hydrogens is 258 g/mol. The lowest BCUT2D eigenvalue weighted by Gasteiger charge is -2.27. The van der Waals surface area contributed by atoms with Gasteiger partial charge < -0.3 is 9.30 Å². The van der Waals surface area contributed by atoms with Gasteiger partial charge in [0.15, 0.2) is 0 Å². The Hall–Kier alpha value is -2.06. The van der Waals surface area contributed by atoms with Crippen LogP contribution in [0.15, 0.2) is 54.6 Å². The van der Waals surface area contributed by atoms with E-state index in [9.17, 15) is 0 Å². The van der Waals surface area contributed by atoms with Crippen LogP contribution in [0.5, 0.6) is 0 Å². The van der Waals surface area contributed by atoms with Crippen LogP contribution in [0.25, 0.3) is 10.9 Å². The Balaban J connectivity index is 1.74. The van der Waals surface area contributed by atoms with Crippen molar-refractivity contribution in [2.75, 3.05) is 6.61 Å². The monoisotopic (exact) mass is 277 g/mol. The van der Waals surface area contributed by atoms with Crippen LogP contribution in [0, 0.1) is 6.92 Å². The summed E-state index contributed by atoms with van der Waals surface area (Å²) in [7, 11) is 0. The molecule has 1 atom stereocenters. The third-order valence-electron chi connectivity index (χ3n) is 4.46. The molecule has 0 bridgehead atoms. The number of hydrogen-bond donors (Lipinski definition) is 0. The van der Waals surface area contributed by atoms with E-state index in [4.69, 9.17) is 4.74 Å². The van der Waals surface area contributed by atoms with Crippen LogP contribution in [-0.2, 0) is 17.7 Å². The predicted molar refractivity (Wildman–Crippen MR) is 85.5 cm³/mol. The second kappa shape index (κ2) is 5.05. The Morgan fingerprint density at radius 3 is 2.86 bits per heavy atom. The van der Waals surface area contributed by atoms with Gasteiger partial charge in [-0.25, -0.2) is 0 Å². The van der Waals surface area contributed by atoms with Crippen molar-refractivity contribution in [2.45, 2.75) is 26.0 Å². The Labute approximate surface area is 125 Å². The lowest BCUT2D eigenvalue weighted by molar-refractivity contribution is 0.0311. The van der Waals surface area contributed by atoms with Crippen LogP contribution >= 0.6 is 0 Å². The third kappa shape index (κ3) is 2.16. The van der Waals surface area contributed by atoms with Gasteiger partial charge in [-0.2, -0.15) is 0 Å². The largest absolute Gasteiger partial charge is 0.371 e. The van der Waals surface area contributed by atoms with Crippen molar-refractivity contribution in [1.29, 1.82) is 0 Å². The van der Waals surface area contributed by atoms with Crippen LogP contribution in [0.2, 0.25) is 0 Å². The van der Waals surface area contributed by atoms with Gasteiger partial charge in [0.2, 0.25) is 0 Å². The van der Waals surface area contributed by atoms with Crippen molar-refractivity contribution in [2.24, 2.45) is 0 Å². The summed E-state index contributed by atoms with van der Waals surface area (Å²) < 4.78 is 8.44. The van der Waals surface area contributed by atoms with Gasteiger partial charge in [0.05, 0.1) is 13.2 Å². The smallest absolute Gasteiger partial charge is 0.101 e. The number of benzene rings is 2. The molecule has 2 heteroatoms. The Kier molecular flexibility index (Phi) is 3.04. The number of para-hydroxylation sites is 1. The molecule has 1 aliphatic rings. The minimum absolute atomic E-state index is 0.157. The number of aryl methyl sites for hydroxylation is 1. The molecule has 0 aliphatic carbocycles. The highest BCUT2D eigenvalue weighted by Crippen LogP contribution is 2.30. The molecule has 2 aromatic carbocycles. The van der Waals surface area contributed by atoms with Crippen molar-refractivity contribution in [3.05, 3.63) is 71.4 Å². The minimum atomic E-state index is 0.157. The highest BCUT2D eigenvalue weighted by Gasteiger charge is 2.21. The zero-order valence-corrected chi connectivity index (χ0v) is 12.3. The highest BCUT2D eigenvalue weighted by atomic mass is 16.5. The van der Waals surface area contributed by atoms with Gasteiger partial charge >= 0.3 is 0 Å². The maximum absolute atomic E-state index is 6.06. The van der Waals surface area contributed by atoms with E-state index >= 15 is 0 Å². The first-order chi connectivity index (χ1) is 10.3. The number of aromatic nitrogens is 1. The molecule has 1 aromatic heterocycles. The fourth-order valence-corrected chi connectivity index (χ4v) is 3.38. The van der Waals surface area contributed by atoms with Crippen LogP contribution in [0.3, 0.4) is 0 Å². The van der Waals surface area contributed by atoms with E-state index in [0.29, 0.717) is 0 Å². The molecule has 1 unspecified atom stereocenters. The standard InChI is InChI=1S/C19H19NO/c1-14-12-16-7-3-5-9-18(16)20(14)13-19-17-8-4-2-6-15(17)10-11-21-19/h2-9,12,19H,10-11,13H2,1H3. The SMILES string of the molecule is Cc1cc2ccccc2n1CC1OCCc2ccccc21. The van der Waals surface area contributed by atoms with Crippen molar-refractivity contribution in [1.82, 2.24) is 4.57 Å². The number of fused-ring (bicyclic) bond motifs is 2. The second-order valence-electron chi connectivity index (χ2n) is 5.76. The van der Waals surface area contributed by atoms with E-state index < -0.39 is 0 Å². The molecule has 0 radical (unpaired) electrons. The zero-order chi connectivity index (χ0) is 14.2. The van der Waals surface area contributed by atoms with Crippen molar-refractivity contribution in [3.8, 4) is 0 Å². The van der Waals surface area contributed by atoms with Crippen LogP contribution in [-0.4, -0.2) is 11.2 Å². The Bertz CT molecular complexity index is 787. The molecular formula is C19H19NO. The Morgan fingerprint density at radius 2 is 1.90 bits per heavy atom. The molecule has 106 valence electrons. The van der Waals surface area contributed by atoms with Gasteiger partial charge in [-0.1, -0.05) is 42.5 Å². The van der Waals surface area contributed by atoms with Gasteiger partial charge in [0.25, 0.3) is 0 Å². The molecule has 0 saturated carbocycles. The normalized spacial score (nSPS) is 17.9. The van der Waals surface area contributed by atoms with Gasteiger partial charge in [-0.3, -0.25) is 0 Å². The molecule has 0 amide bonds. The van der Waals surface area contributed by atoms with Crippen LogP contribution in [0.1, 0.15) is 22.9 Å². The highest BCUT2D eigenvalue weighted by molar-refractivity contribution is 5.81. The molecule has 0 N–H and O–H groups in total. The lowest BCUT2D eigenvalue weighted by atomic mass is 9.97. The summed E-state index contributed by atoms with van der Waals surface area (Å²) in [6, 6.07) is 19.5. The fourth-order valence-electron chi connectivity index (χ4n) is 3.38. The van der Waals surface area contributed by atoms with E-state index in [0.717, 1.165) is 19.6 Å². The summed E-state index contributed by atoms with van der Waals surface area (Å²) in [5.41, 5.74) is 5.37. The summed E-state index contributed by atoms with van der Waals surface area (Å²) >= 11 is 0. The van der Waals surface area contributed by atoms with Gasteiger partial charge in [-0.15, -0.1) is 0 Å². The average molecular weight is 277 g/mol. The summed E-state index contributed by atoms with van der Waals surface area (Å²) in [6.45, 7) is 3.88. The first-order valence-corrected chi connectivity index (χ1v) is 7.57. The quantitative estimate of drug-likeness (QED) is 0.682. The predicted octanol–water partition coefficient (Wildman–Crippen LogP) is 4.26. The van der Waals surface area contributed by atoms with Gasteiger partial charge in [-0.05, 0) is 42.0 Å². The van der Waals surface area contributed by atoms with E-state index in [2.05, 4.69) is 66.1 Å². The molecule has 0 spiro atoms. The first-order valence-electron chi connectivity index (χ1n) is 7.57. The molecule has 4 rings (SSSR count). The van der Waals surface area contributed by atoms with Crippen LogP contribution < -0.4 is 0 Å². The van der Waals surface area contributed by atoms with Gasteiger partial charge in [0, 0.05) is 11.2 Å². The number of ether oxygens (including phenoxy) is 1. The molecule has 0 saturated heterocycles. The van der Waals surface area contributed by atoms with Crippen molar-refractivity contribution in [3.63, 3.8) is 0 Å². The third-order valence-corrected chi connectivity index (χ3v) is 4.46. The fraction of sp³-hybridized carbons (Fsp3) is 0.263. The molecule has 3 aromatic rings. The number of nitrogens with zero attached hydrogens (tertiary/aromatic N) is 1. The lowest BCUT2D eigenvalue weighted by Crippen LogP contribution is -2.21. The van der Waals surface area contributed by atoms with E-state index in [1.165, 1.54) is 27.7 Å². The molecule has 1 aliphatic heterocycles. The first kappa shape index (κ1) is 12.7. The summed E-state index contributed by atoms with van der Waals surface area (Å²) in [4.78, 5) is 0. The Morgan fingerprint density at radius 1 is 1.10 bits per heavy atom. The second-order valence-corrected chi connectivity index (χ2v) is 5.76. The summed E-state index contributed by atoms with van der Waals surface area (Å²) in [5, 5.41) is 1.30. The summed E-state index contributed by atoms with van der Waals surface area (Å²) in [6.07, 6.45) is 1.18. The maximum atomic E-state index is 6.06. The molecule has 2 heterocycles. The van der Waals surface area contributed by atoms with Crippen LogP contribution in [0.4, 0.5) is 0 Å². The minimum Gasteiger partial charge on any atom is -0.371 e. The van der Waals surface area contributed by atoms with Gasteiger partial charge in [0.1, 0.15) is 6.10 Å². The van der Waals surface area contributed by atoms with E-state index in [1.807, 2.05) is 0 Å². The molecule has 0 fully saturated rings. The van der Waals surface area contributed by atoms with Crippen molar-refractivity contribution >= 4 is 10.9 Å². The molecule has 21 heavy (non-hydrogen) atoms. The zero-order valence-electron chi connectivity index (χ0n) is 12.3. The van der Waals surface area contributed by atoms with E-state index in [-0.39, 0.29) is 6.10 Å². The topological polar surface area (TPSA) is 14.2 Å². The number of rotatable bonds is 2. The molecule has 2 nitrogen and oxygen atoms in total. The average Bonchev–Trinajstić information content (AvgIpc) is 2.84.